The summed E-state index contributed by atoms with van der Waals surface area (Å²) in [6.45, 7) is 2.75. The van der Waals surface area contributed by atoms with Gasteiger partial charge in [0.15, 0.2) is 5.79 Å². The highest BCUT2D eigenvalue weighted by molar-refractivity contribution is 4.72. The first-order valence-electron chi connectivity index (χ1n) is 4.63. The van der Waals surface area contributed by atoms with Crippen LogP contribution in [-0.2, 0) is 4.74 Å². The second-order valence-corrected chi connectivity index (χ2v) is 3.36. The molecule has 11 heavy (non-hydrogen) atoms. The van der Waals surface area contributed by atoms with Crippen LogP contribution in [0.1, 0.15) is 45.4 Å². The third-order valence-corrected chi connectivity index (χ3v) is 2.21. The zero-order chi connectivity index (χ0) is 8.16. The van der Waals surface area contributed by atoms with Gasteiger partial charge in [0.1, 0.15) is 0 Å². The van der Waals surface area contributed by atoms with Gasteiger partial charge >= 0.3 is 0 Å². The van der Waals surface area contributed by atoms with Gasteiger partial charge in [-0.15, -0.1) is 0 Å². The molecule has 2 heteroatoms. The molecule has 1 aliphatic rings. The molecule has 1 saturated carbocycles. The fraction of sp³-hybridized carbons (Fsp3) is 1.00. The molecule has 2 nitrogen and oxygen atoms in total. The summed E-state index contributed by atoms with van der Waals surface area (Å²) in [6, 6.07) is 0. The molecule has 1 N–H and O–H groups in total. The Kier molecular flexibility index (Phi) is 3.34. The van der Waals surface area contributed by atoms with E-state index in [4.69, 9.17) is 4.74 Å². The SMILES string of the molecule is CCCOC1(O)CCCCC1. The number of hydrogen-bond donors (Lipinski definition) is 1. The van der Waals surface area contributed by atoms with Crippen LogP contribution in [0.15, 0.2) is 0 Å². The van der Waals surface area contributed by atoms with Crippen LogP contribution in [0.3, 0.4) is 0 Å². The molecule has 1 rings (SSSR count). The molecule has 0 atom stereocenters. The molecule has 0 spiro atoms. The first kappa shape index (κ1) is 9.01. The van der Waals surface area contributed by atoms with Crippen molar-refractivity contribution in [1.29, 1.82) is 0 Å². The number of hydrogen-bond acceptors (Lipinski definition) is 2. The van der Waals surface area contributed by atoms with E-state index >= 15 is 0 Å². The highest BCUT2D eigenvalue weighted by Gasteiger charge is 2.29. The Labute approximate surface area is 68.6 Å². The van der Waals surface area contributed by atoms with Gasteiger partial charge in [-0.05, 0) is 19.3 Å². The van der Waals surface area contributed by atoms with E-state index in [9.17, 15) is 5.11 Å². The van der Waals surface area contributed by atoms with E-state index in [1.807, 2.05) is 0 Å². The highest BCUT2D eigenvalue weighted by atomic mass is 16.6. The van der Waals surface area contributed by atoms with Crippen LogP contribution in [0.25, 0.3) is 0 Å². The summed E-state index contributed by atoms with van der Waals surface area (Å²) in [5.74, 6) is -0.770. The lowest BCUT2D eigenvalue weighted by molar-refractivity contribution is -0.220. The quantitative estimate of drug-likeness (QED) is 0.637. The largest absolute Gasteiger partial charge is 0.365 e. The Balaban J connectivity index is 2.25. The number of ether oxygens (including phenoxy) is 1. The summed E-state index contributed by atoms with van der Waals surface area (Å²) in [6.07, 6.45) is 6.11. The molecule has 0 saturated heterocycles. The fourth-order valence-electron chi connectivity index (χ4n) is 1.54. The van der Waals surface area contributed by atoms with Crippen molar-refractivity contribution in [2.75, 3.05) is 6.61 Å². The second-order valence-electron chi connectivity index (χ2n) is 3.36. The van der Waals surface area contributed by atoms with Gasteiger partial charge in [0.25, 0.3) is 0 Å². The minimum Gasteiger partial charge on any atom is -0.365 e. The molecular weight excluding hydrogens is 140 g/mol. The van der Waals surface area contributed by atoms with Crippen molar-refractivity contribution in [2.24, 2.45) is 0 Å². The standard InChI is InChI=1S/C9H18O2/c1-2-8-11-9(10)6-4-3-5-7-9/h10H,2-8H2,1H3. The fourth-order valence-corrected chi connectivity index (χ4v) is 1.54. The van der Waals surface area contributed by atoms with E-state index in [-0.39, 0.29) is 0 Å². The van der Waals surface area contributed by atoms with Crippen LogP contribution < -0.4 is 0 Å². The molecule has 0 heterocycles. The van der Waals surface area contributed by atoms with Gasteiger partial charge in [-0.25, -0.2) is 0 Å². The van der Waals surface area contributed by atoms with Crippen molar-refractivity contribution >= 4 is 0 Å². The van der Waals surface area contributed by atoms with Gasteiger partial charge < -0.3 is 9.84 Å². The summed E-state index contributed by atoms with van der Waals surface area (Å²) in [7, 11) is 0. The monoisotopic (exact) mass is 158 g/mol. The molecule has 0 amide bonds. The van der Waals surface area contributed by atoms with Crippen LogP contribution in [0.4, 0.5) is 0 Å². The van der Waals surface area contributed by atoms with E-state index in [1.165, 1.54) is 6.42 Å². The second kappa shape index (κ2) is 4.07. The van der Waals surface area contributed by atoms with E-state index < -0.39 is 5.79 Å². The molecular formula is C9H18O2. The molecule has 0 unspecified atom stereocenters. The van der Waals surface area contributed by atoms with Gasteiger partial charge in [-0.2, -0.15) is 0 Å². The average molecular weight is 158 g/mol. The van der Waals surface area contributed by atoms with E-state index in [0.717, 1.165) is 32.1 Å². The molecule has 66 valence electrons. The normalized spacial score (nSPS) is 23.5. The first-order chi connectivity index (χ1) is 5.27. The lowest BCUT2D eigenvalue weighted by Crippen LogP contribution is -2.34. The molecule has 0 aliphatic heterocycles. The third kappa shape index (κ3) is 2.80. The minimum absolute atomic E-state index is 0.691. The van der Waals surface area contributed by atoms with Crippen LogP contribution in [-0.4, -0.2) is 17.5 Å². The predicted molar refractivity (Wildman–Crippen MR) is 44.3 cm³/mol. The average Bonchev–Trinajstić information content (AvgIpc) is 2.03. The Bertz CT molecular complexity index is 106. The summed E-state index contributed by atoms with van der Waals surface area (Å²) >= 11 is 0. The third-order valence-electron chi connectivity index (χ3n) is 2.21. The maximum Gasteiger partial charge on any atom is 0.165 e. The first-order valence-corrected chi connectivity index (χ1v) is 4.63. The van der Waals surface area contributed by atoms with Crippen molar-refractivity contribution in [3.63, 3.8) is 0 Å². The maximum absolute atomic E-state index is 9.78. The molecule has 0 aromatic carbocycles. The van der Waals surface area contributed by atoms with E-state index in [0.29, 0.717) is 6.61 Å². The zero-order valence-corrected chi connectivity index (χ0v) is 7.31. The van der Waals surface area contributed by atoms with Gasteiger partial charge in [0.2, 0.25) is 0 Å². The topological polar surface area (TPSA) is 29.5 Å². The van der Waals surface area contributed by atoms with Crippen molar-refractivity contribution < 1.29 is 9.84 Å². The molecule has 0 aromatic heterocycles. The van der Waals surface area contributed by atoms with Crippen molar-refractivity contribution in [3.05, 3.63) is 0 Å². The lowest BCUT2D eigenvalue weighted by Gasteiger charge is -2.31. The molecule has 0 bridgehead atoms. The van der Waals surface area contributed by atoms with Crippen LogP contribution in [0.2, 0.25) is 0 Å². The Morgan fingerprint density at radius 3 is 2.45 bits per heavy atom. The van der Waals surface area contributed by atoms with E-state index in [1.54, 1.807) is 0 Å². The summed E-state index contributed by atoms with van der Waals surface area (Å²) in [5, 5.41) is 9.78. The van der Waals surface area contributed by atoms with Gasteiger partial charge in [-0.3, -0.25) is 0 Å². The van der Waals surface area contributed by atoms with Crippen LogP contribution >= 0.6 is 0 Å². The molecule has 1 aliphatic carbocycles. The smallest absolute Gasteiger partial charge is 0.165 e. The van der Waals surface area contributed by atoms with Crippen molar-refractivity contribution in [1.82, 2.24) is 0 Å². The van der Waals surface area contributed by atoms with Gasteiger partial charge in [-0.1, -0.05) is 13.3 Å². The van der Waals surface area contributed by atoms with Crippen LogP contribution in [0.5, 0.6) is 0 Å². The van der Waals surface area contributed by atoms with Crippen molar-refractivity contribution in [2.45, 2.75) is 51.2 Å². The zero-order valence-electron chi connectivity index (χ0n) is 7.31. The van der Waals surface area contributed by atoms with Crippen LogP contribution in [0, 0.1) is 0 Å². The summed E-state index contributed by atoms with van der Waals surface area (Å²) < 4.78 is 5.38. The number of rotatable bonds is 3. The molecule has 1 fully saturated rings. The van der Waals surface area contributed by atoms with Crippen molar-refractivity contribution in [3.8, 4) is 0 Å². The van der Waals surface area contributed by atoms with Gasteiger partial charge in [0, 0.05) is 19.4 Å². The predicted octanol–water partition coefficient (Wildman–Crippen LogP) is 2.07. The highest BCUT2D eigenvalue weighted by Crippen LogP contribution is 2.28. The Morgan fingerprint density at radius 2 is 1.91 bits per heavy atom. The summed E-state index contributed by atoms with van der Waals surface area (Å²) in [5.41, 5.74) is 0. The molecule has 0 aromatic rings. The maximum atomic E-state index is 9.78. The summed E-state index contributed by atoms with van der Waals surface area (Å²) in [4.78, 5) is 0. The molecule has 0 radical (unpaired) electrons. The Hall–Kier alpha value is -0.0800. The lowest BCUT2D eigenvalue weighted by atomic mass is 9.94. The van der Waals surface area contributed by atoms with Gasteiger partial charge in [0.05, 0.1) is 0 Å². The number of aliphatic hydroxyl groups is 1. The van der Waals surface area contributed by atoms with E-state index in [2.05, 4.69) is 6.92 Å². The minimum atomic E-state index is -0.770. The Morgan fingerprint density at radius 1 is 1.27 bits per heavy atom.